The van der Waals surface area contributed by atoms with Crippen LogP contribution in [0.2, 0.25) is 0 Å². The van der Waals surface area contributed by atoms with Gasteiger partial charge in [-0.1, -0.05) is 60.7 Å². The number of thiophene rings is 1. The lowest BCUT2D eigenvalue weighted by atomic mass is 10.1. The number of fused-ring (bicyclic) bond motifs is 1. The molecule has 0 radical (unpaired) electrons. The zero-order valence-electron chi connectivity index (χ0n) is 18.4. The summed E-state index contributed by atoms with van der Waals surface area (Å²) in [6.07, 6.45) is 0.632. The zero-order valence-corrected chi connectivity index (χ0v) is 19.2. The van der Waals surface area contributed by atoms with Crippen molar-refractivity contribution in [2.24, 2.45) is 0 Å². The van der Waals surface area contributed by atoms with E-state index in [1.807, 2.05) is 66.7 Å². The molecule has 1 heterocycles. The van der Waals surface area contributed by atoms with Gasteiger partial charge in [0.25, 0.3) is 0 Å². The summed E-state index contributed by atoms with van der Waals surface area (Å²) in [6.45, 7) is 0.414. The first-order valence-corrected chi connectivity index (χ1v) is 11.6. The third-order valence-corrected chi connectivity index (χ3v) is 6.51. The average molecular weight is 459 g/mol. The van der Waals surface area contributed by atoms with Gasteiger partial charge in [0.05, 0.1) is 13.5 Å². The summed E-state index contributed by atoms with van der Waals surface area (Å²) in [5.74, 6) is 0.350. The largest absolute Gasteiger partial charge is 0.497 e. The maximum absolute atomic E-state index is 13.1. The third kappa shape index (κ3) is 6.20. The van der Waals surface area contributed by atoms with Gasteiger partial charge in [-0.3, -0.25) is 9.59 Å². The van der Waals surface area contributed by atoms with Crippen LogP contribution in [0.5, 0.6) is 5.75 Å². The molecule has 0 bridgehead atoms. The fourth-order valence-electron chi connectivity index (χ4n) is 3.63. The van der Waals surface area contributed by atoms with Gasteiger partial charge < -0.3 is 15.4 Å². The van der Waals surface area contributed by atoms with Crippen molar-refractivity contribution in [3.05, 3.63) is 101 Å². The Morgan fingerprint density at radius 1 is 0.909 bits per heavy atom. The van der Waals surface area contributed by atoms with Crippen molar-refractivity contribution in [3.63, 3.8) is 0 Å². The summed E-state index contributed by atoms with van der Waals surface area (Å²) in [7, 11) is 1.61. The molecule has 1 aromatic heterocycles. The number of ether oxygens (including phenoxy) is 1. The van der Waals surface area contributed by atoms with Gasteiger partial charge in [-0.05, 0) is 40.8 Å². The maximum atomic E-state index is 13.1. The first kappa shape index (κ1) is 22.6. The highest BCUT2D eigenvalue weighted by molar-refractivity contribution is 7.19. The van der Waals surface area contributed by atoms with Crippen molar-refractivity contribution < 1.29 is 14.3 Å². The Bertz CT molecular complexity index is 1190. The second-order valence-electron chi connectivity index (χ2n) is 7.80. The van der Waals surface area contributed by atoms with Gasteiger partial charge in [0, 0.05) is 22.5 Å². The van der Waals surface area contributed by atoms with E-state index in [-0.39, 0.29) is 18.2 Å². The quantitative estimate of drug-likeness (QED) is 0.388. The van der Waals surface area contributed by atoms with E-state index in [4.69, 9.17) is 4.74 Å². The van der Waals surface area contributed by atoms with Crippen LogP contribution in [0.4, 0.5) is 0 Å². The Hall–Kier alpha value is -3.64. The number of nitrogens with one attached hydrogen (secondary N) is 2. The van der Waals surface area contributed by atoms with Crippen LogP contribution < -0.4 is 15.4 Å². The molecular formula is C27H26N2O3S. The second kappa shape index (κ2) is 10.8. The number of amides is 2. The van der Waals surface area contributed by atoms with Crippen LogP contribution in [-0.4, -0.2) is 25.0 Å². The zero-order chi connectivity index (χ0) is 23.0. The molecular weight excluding hydrogens is 432 g/mol. The molecule has 168 valence electrons. The van der Waals surface area contributed by atoms with Crippen LogP contribution in [-0.2, 0) is 29.0 Å². The molecule has 1 unspecified atom stereocenters. The minimum atomic E-state index is -0.660. The average Bonchev–Trinajstić information content (AvgIpc) is 3.25. The molecule has 0 spiro atoms. The van der Waals surface area contributed by atoms with Gasteiger partial charge in [0.15, 0.2) is 0 Å². The summed E-state index contributed by atoms with van der Waals surface area (Å²) < 4.78 is 6.34. The third-order valence-electron chi connectivity index (χ3n) is 5.37. The SMILES string of the molecule is COc1ccc(CC(=O)NC(Cc2cc3ccccc3s2)C(=O)NCc2ccccc2)cc1. The summed E-state index contributed by atoms with van der Waals surface area (Å²) in [5.41, 5.74) is 1.87. The van der Waals surface area contributed by atoms with Gasteiger partial charge in [-0.25, -0.2) is 0 Å². The van der Waals surface area contributed by atoms with Crippen LogP contribution in [0, 0.1) is 0 Å². The van der Waals surface area contributed by atoms with Gasteiger partial charge in [-0.2, -0.15) is 0 Å². The van der Waals surface area contributed by atoms with E-state index >= 15 is 0 Å². The molecule has 5 nitrogen and oxygen atoms in total. The van der Waals surface area contributed by atoms with E-state index in [1.165, 1.54) is 4.70 Å². The van der Waals surface area contributed by atoms with Crippen molar-refractivity contribution in [2.45, 2.75) is 25.4 Å². The highest BCUT2D eigenvalue weighted by Gasteiger charge is 2.22. The molecule has 0 aliphatic rings. The number of methoxy groups -OCH3 is 1. The fourth-order valence-corrected chi connectivity index (χ4v) is 4.74. The minimum absolute atomic E-state index is 0.193. The molecule has 0 aliphatic carbocycles. The van der Waals surface area contributed by atoms with Crippen molar-refractivity contribution in [3.8, 4) is 5.75 Å². The van der Waals surface area contributed by atoms with E-state index in [0.717, 1.165) is 27.1 Å². The number of rotatable bonds is 9. The van der Waals surface area contributed by atoms with E-state index in [9.17, 15) is 9.59 Å². The predicted molar refractivity (Wildman–Crippen MR) is 132 cm³/mol. The molecule has 0 saturated heterocycles. The first-order valence-electron chi connectivity index (χ1n) is 10.8. The predicted octanol–water partition coefficient (Wildman–Crippen LogP) is 4.50. The standard InChI is InChI=1S/C27H26N2O3S/c1-32-22-13-11-19(12-14-22)15-26(30)29-24(27(31)28-18-20-7-3-2-4-8-20)17-23-16-21-9-5-6-10-25(21)33-23/h2-14,16,24H,15,17-18H2,1H3,(H,28,31)(H,29,30). The highest BCUT2D eigenvalue weighted by Crippen LogP contribution is 2.26. The second-order valence-corrected chi connectivity index (χ2v) is 8.97. The lowest BCUT2D eigenvalue weighted by molar-refractivity contribution is -0.128. The molecule has 0 aliphatic heterocycles. The Balaban J connectivity index is 1.46. The fraction of sp³-hybridized carbons (Fsp3) is 0.185. The van der Waals surface area contributed by atoms with Crippen molar-refractivity contribution >= 4 is 33.2 Å². The number of carbonyl (C=O) groups is 2. The molecule has 0 fully saturated rings. The van der Waals surface area contributed by atoms with E-state index in [1.54, 1.807) is 18.4 Å². The Kier molecular flexibility index (Phi) is 7.37. The van der Waals surface area contributed by atoms with E-state index < -0.39 is 6.04 Å². The summed E-state index contributed by atoms with van der Waals surface area (Å²) in [5, 5.41) is 7.06. The molecule has 4 rings (SSSR count). The van der Waals surface area contributed by atoms with Gasteiger partial charge in [-0.15, -0.1) is 11.3 Å². The molecule has 1 atom stereocenters. The monoisotopic (exact) mass is 458 g/mol. The summed E-state index contributed by atoms with van der Waals surface area (Å²) >= 11 is 1.65. The number of carbonyl (C=O) groups excluding carboxylic acids is 2. The van der Waals surface area contributed by atoms with E-state index in [0.29, 0.717) is 13.0 Å². The van der Waals surface area contributed by atoms with Crippen molar-refractivity contribution in [1.29, 1.82) is 0 Å². The molecule has 2 amide bonds. The van der Waals surface area contributed by atoms with Gasteiger partial charge in [0.2, 0.25) is 11.8 Å². The number of benzene rings is 3. The Labute approximate surface area is 197 Å². The van der Waals surface area contributed by atoms with Crippen molar-refractivity contribution in [1.82, 2.24) is 10.6 Å². The molecule has 33 heavy (non-hydrogen) atoms. The van der Waals surface area contributed by atoms with Crippen LogP contribution in [0.25, 0.3) is 10.1 Å². The Morgan fingerprint density at radius 2 is 1.64 bits per heavy atom. The summed E-state index contributed by atoms with van der Waals surface area (Å²) in [4.78, 5) is 26.9. The lowest BCUT2D eigenvalue weighted by Gasteiger charge is -2.18. The van der Waals surface area contributed by atoms with Crippen LogP contribution in [0.15, 0.2) is 84.9 Å². The summed E-state index contributed by atoms with van der Waals surface area (Å²) in [6, 6.07) is 26.7. The smallest absolute Gasteiger partial charge is 0.243 e. The molecule has 3 aromatic carbocycles. The van der Waals surface area contributed by atoms with Crippen molar-refractivity contribution in [2.75, 3.05) is 7.11 Å². The van der Waals surface area contributed by atoms with Crippen LogP contribution in [0.1, 0.15) is 16.0 Å². The molecule has 0 saturated carbocycles. The first-order chi connectivity index (χ1) is 16.1. The number of hydrogen-bond acceptors (Lipinski definition) is 4. The molecule has 6 heteroatoms. The maximum Gasteiger partial charge on any atom is 0.243 e. The van der Waals surface area contributed by atoms with Crippen LogP contribution >= 0.6 is 11.3 Å². The normalized spacial score (nSPS) is 11.7. The lowest BCUT2D eigenvalue weighted by Crippen LogP contribution is -2.48. The Morgan fingerprint density at radius 3 is 2.36 bits per heavy atom. The molecule has 2 N–H and O–H groups in total. The highest BCUT2D eigenvalue weighted by atomic mass is 32.1. The van der Waals surface area contributed by atoms with E-state index in [2.05, 4.69) is 28.8 Å². The number of hydrogen-bond donors (Lipinski definition) is 2. The van der Waals surface area contributed by atoms with Crippen LogP contribution in [0.3, 0.4) is 0 Å². The topological polar surface area (TPSA) is 67.4 Å². The van der Waals surface area contributed by atoms with Gasteiger partial charge >= 0.3 is 0 Å². The molecule has 4 aromatic rings. The van der Waals surface area contributed by atoms with Gasteiger partial charge in [0.1, 0.15) is 11.8 Å². The minimum Gasteiger partial charge on any atom is -0.497 e.